The fourth-order valence-electron chi connectivity index (χ4n) is 2.16. The highest BCUT2D eigenvalue weighted by atomic mass is 79.9. The Balaban J connectivity index is 2.65. The summed E-state index contributed by atoms with van der Waals surface area (Å²) in [6, 6.07) is 4.16. The van der Waals surface area contributed by atoms with Crippen LogP contribution in [0.25, 0.3) is 0 Å². The number of rotatable bonds is 4. The van der Waals surface area contributed by atoms with E-state index in [1.165, 1.54) is 11.1 Å². The van der Waals surface area contributed by atoms with Crippen LogP contribution in [0.1, 0.15) is 62.8 Å². The van der Waals surface area contributed by atoms with Gasteiger partial charge in [-0.05, 0) is 48.8 Å². The van der Waals surface area contributed by atoms with Gasteiger partial charge in [-0.2, -0.15) is 0 Å². The predicted octanol–water partition coefficient (Wildman–Crippen LogP) is 5.32. The molecule has 18 heavy (non-hydrogen) atoms. The first-order chi connectivity index (χ1) is 8.20. The molecular weight excluding hydrogens is 288 g/mol. The van der Waals surface area contributed by atoms with Crippen LogP contribution in [-0.2, 0) is 0 Å². The molecule has 1 nitrogen and oxygen atoms in total. The molecule has 1 rings (SSSR count). The van der Waals surface area contributed by atoms with E-state index < -0.39 is 0 Å². The van der Waals surface area contributed by atoms with Crippen LogP contribution in [0.2, 0.25) is 0 Å². The lowest BCUT2D eigenvalue weighted by molar-refractivity contribution is 0.158. The SMILES string of the molecule is Cc1cc(C(O)CCCC(C)(C)C)cc(C)c1Br. The Morgan fingerprint density at radius 2 is 1.67 bits per heavy atom. The third kappa shape index (κ3) is 4.74. The molecule has 0 aliphatic heterocycles. The fourth-order valence-corrected chi connectivity index (χ4v) is 2.39. The Bertz CT molecular complexity index is 381. The van der Waals surface area contributed by atoms with Crippen LogP contribution in [0.4, 0.5) is 0 Å². The summed E-state index contributed by atoms with van der Waals surface area (Å²) in [6.07, 6.45) is 2.73. The highest BCUT2D eigenvalue weighted by Crippen LogP contribution is 2.29. The molecule has 1 atom stereocenters. The van der Waals surface area contributed by atoms with E-state index in [4.69, 9.17) is 0 Å². The maximum absolute atomic E-state index is 10.2. The third-order valence-electron chi connectivity index (χ3n) is 3.25. The first-order valence-electron chi connectivity index (χ1n) is 6.65. The van der Waals surface area contributed by atoms with Crippen molar-refractivity contribution in [1.82, 2.24) is 0 Å². The molecule has 0 saturated heterocycles. The number of hydrogen-bond donors (Lipinski definition) is 1. The minimum atomic E-state index is -0.335. The van der Waals surface area contributed by atoms with Crippen LogP contribution in [0.15, 0.2) is 16.6 Å². The number of aliphatic hydroxyl groups is 1. The van der Waals surface area contributed by atoms with Crippen LogP contribution in [0.3, 0.4) is 0 Å². The maximum atomic E-state index is 10.2. The molecule has 0 fully saturated rings. The lowest BCUT2D eigenvalue weighted by atomic mass is 9.88. The van der Waals surface area contributed by atoms with E-state index in [0.717, 1.165) is 29.3 Å². The zero-order chi connectivity index (χ0) is 13.9. The zero-order valence-corrected chi connectivity index (χ0v) is 13.8. The molecule has 0 heterocycles. The summed E-state index contributed by atoms with van der Waals surface area (Å²) in [5.41, 5.74) is 3.78. The van der Waals surface area contributed by atoms with Crippen LogP contribution in [0.5, 0.6) is 0 Å². The molecule has 0 radical (unpaired) electrons. The zero-order valence-electron chi connectivity index (χ0n) is 12.2. The van der Waals surface area contributed by atoms with Crippen molar-refractivity contribution in [2.75, 3.05) is 0 Å². The maximum Gasteiger partial charge on any atom is 0.0790 e. The van der Waals surface area contributed by atoms with Crippen molar-refractivity contribution in [3.63, 3.8) is 0 Å². The van der Waals surface area contributed by atoms with Gasteiger partial charge in [-0.1, -0.05) is 55.3 Å². The molecule has 0 amide bonds. The average molecular weight is 313 g/mol. The molecule has 1 aromatic carbocycles. The first kappa shape index (κ1) is 15.7. The summed E-state index contributed by atoms with van der Waals surface area (Å²) < 4.78 is 1.15. The van der Waals surface area contributed by atoms with Crippen LogP contribution in [-0.4, -0.2) is 5.11 Å². The van der Waals surface area contributed by atoms with Crippen LogP contribution in [0, 0.1) is 19.3 Å². The van der Waals surface area contributed by atoms with Gasteiger partial charge in [-0.15, -0.1) is 0 Å². The fraction of sp³-hybridized carbons (Fsp3) is 0.625. The molecule has 102 valence electrons. The second-order valence-corrected chi connectivity index (χ2v) is 7.23. The summed E-state index contributed by atoms with van der Waals surface area (Å²) >= 11 is 3.56. The molecule has 0 bridgehead atoms. The lowest BCUT2D eigenvalue weighted by Gasteiger charge is -2.19. The van der Waals surface area contributed by atoms with E-state index in [2.05, 4.69) is 62.7 Å². The highest BCUT2D eigenvalue weighted by Gasteiger charge is 2.14. The first-order valence-corrected chi connectivity index (χ1v) is 7.45. The smallest absolute Gasteiger partial charge is 0.0790 e. The number of aliphatic hydroxyl groups excluding tert-OH is 1. The summed E-state index contributed by atoms with van der Waals surface area (Å²) in [6.45, 7) is 10.9. The third-order valence-corrected chi connectivity index (χ3v) is 4.50. The van der Waals surface area contributed by atoms with Gasteiger partial charge >= 0.3 is 0 Å². The minimum Gasteiger partial charge on any atom is -0.388 e. The second-order valence-electron chi connectivity index (χ2n) is 6.44. The van der Waals surface area contributed by atoms with Crippen molar-refractivity contribution >= 4 is 15.9 Å². The van der Waals surface area contributed by atoms with Gasteiger partial charge in [0.25, 0.3) is 0 Å². The van der Waals surface area contributed by atoms with Gasteiger partial charge in [0.1, 0.15) is 0 Å². The van der Waals surface area contributed by atoms with Crippen molar-refractivity contribution in [2.45, 2.75) is 60.0 Å². The Hall–Kier alpha value is -0.340. The summed E-state index contributed by atoms with van der Waals surface area (Å²) in [4.78, 5) is 0. The normalized spacial score (nSPS) is 13.7. The van der Waals surface area contributed by atoms with E-state index in [1.54, 1.807) is 0 Å². The molecular formula is C16H25BrO. The Labute approximate surface area is 120 Å². The molecule has 1 unspecified atom stereocenters. The summed E-state index contributed by atoms with van der Waals surface area (Å²) in [5.74, 6) is 0. The molecule has 1 N–H and O–H groups in total. The van der Waals surface area contributed by atoms with Crippen LogP contribution < -0.4 is 0 Å². The summed E-state index contributed by atoms with van der Waals surface area (Å²) in [7, 11) is 0. The lowest BCUT2D eigenvalue weighted by Crippen LogP contribution is -2.06. The van der Waals surface area contributed by atoms with E-state index in [-0.39, 0.29) is 6.10 Å². The van der Waals surface area contributed by atoms with Gasteiger partial charge in [0.15, 0.2) is 0 Å². The minimum absolute atomic E-state index is 0.335. The van der Waals surface area contributed by atoms with E-state index >= 15 is 0 Å². The Morgan fingerprint density at radius 3 is 2.11 bits per heavy atom. The van der Waals surface area contributed by atoms with Crippen molar-refractivity contribution in [1.29, 1.82) is 0 Å². The van der Waals surface area contributed by atoms with E-state index in [1.807, 2.05) is 0 Å². The van der Waals surface area contributed by atoms with E-state index in [9.17, 15) is 5.11 Å². The van der Waals surface area contributed by atoms with Gasteiger partial charge in [0.05, 0.1) is 6.10 Å². The van der Waals surface area contributed by atoms with Crippen molar-refractivity contribution < 1.29 is 5.11 Å². The van der Waals surface area contributed by atoms with Gasteiger partial charge in [-0.25, -0.2) is 0 Å². The average Bonchev–Trinajstić information content (AvgIpc) is 2.23. The largest absolute Gasteiger partial charge is 0.388 e. The van der Waals surface area contributed by atoms with Gasteiger partial charge in [0.2, 0.25) is 0 Å². The number of aryl methyl sites for hydroxylation is 2. The number of benzene rings is 1. The molecule has 2 heteroatoms. The van der Waals surface area contributed by atoms with Crippen molar-refractivity contribution in [3.05, 3.63) is 33.3 Å². The van der Waals surface area contributed by atoms with Gasteiger partial charge < -0.3 is 5.11 Å². The standard InChI is InChI=1S/C16H25BrO/c1-11-9-13(10-12(2)15(11)17)14(18)7-6-8-16(3,4)5/h9-10,14,18H,6-8H2,1-5H3. The van der Waals surface area contributed by atoms with Gasteiger partial charge in [-0.3, -0.25) is 0 Å². The van der Waals surface area contributed by atoms with Gasteiger partial charge in [0, 0.05) is 4.47 Å². The molecule has 0 spiro atoms. The molecule has 0 aliphatic rings. The quantitative estimate of drug-likeness (QED) is 0.798. The predicted molar refractivity (Wildman–Crippen MR) is 81.9 cm³/mol. The topological polar surface area (TPSA) is 20.2 Å². The summed E-state index contributed by atoms with van der Waals surface area (Å²) in [5, 5.41) is 10.2. The van der Waals surface area contributed by atoms with Crippen molar-refractivity contribution in [2.24, 2.45) is 5.41 Å². The second kappa shape index (κ2) is 6.21. The molecule has 1 aromatic rings. The Morgan fingerprint density at radius 1 is 1.17 bits per heavy atom. The monoisotopic (exact) mass is 312 g/mol. The number of hydrogen-bond acceptors (Lipinski definition) is 1. The number of halogens is 1. The highest BCUT2D eigenvalue weighted by molar-refractivity contribution is 9.10. The molecule has 0 aromatic heterocycles. The molecule has 0 saturated carbocycles. The van der Waals surface area contributed by atoms with E-state index in [0.29, 0.717) is 5.41 Å². The van der Waals surface area contributed by atoms with Crippen LogP contribution >= 0.6 is 15.9 Å². The Kier molecular flexibility index (Phi) is 5.42. The molecule has 0 aliphatic carbocycles. The van der Waals surface area contributed by atoms with Crippen molar-refractivity contribution in [3.8, 4) is 0 Å².